The summed E-state index contributed by atoms with van der Waals surface area (Å²) in [5.41, 5.74) is 0.821. The molecular weight excluding hydrogens is 282 g/mol. The standard InChI is InChI=1S/C13H16ClN3O3/c1-15-12(18)8-2-3-9(14)10(6-8)17-13(19)11-7-16-4-5-20-11/h2-3,6,11,16H,4-5,7H2,1H3,(H,15,18)(H,17,19). The summed E-state index contributed by atoms with van der Waals surface area (Å²) < 4.78 is 5.35. The van der Waals surface area contributed by atoms with Crippen LogP contribution < -0.4 is 16.0 Å². The Balaban J connectivity index is 2.11. The molecule has 1 aliphatic rings. The van der Waals surface area contributed by atoms with E-state index in [1.165, 1.54) is 13.1 Å². The molecule has 108 valence electrons. The van der Waals surface area contributed by atoms with E-state index in [1.807, 2.05) is 0 Å². The minimum absolute atomic E-state index is 0.243. The number of morpholine rings is 1. The van der Waals surface area contributed by atoms with Gasteiger partial charge in [-0.1, -0.05) is 11.6 Å². The Morgan fingerprint density at radius 3 is 2.90 bits per heavy atom. The van der Waals surface area contributed by atoms with Crippen molar-refractivity contribution >= 4 is 29.1 Å². The second kappa shape index (κ2) is 6.69. The Kier molecular flexibility index (Phi) is 4.94. The first kappa shape index (κ1) is 14.8. The van der Waals surface area contributed by atoms with Crippen LogP contribution in [0.3, 0.4) is 0 Å². The lowest BCUT2D eigenvalue weighted by Crippen LogP contribution is -2.45. The number of hydrogen-bond donors (Lipinski definition) is 3. The number of halogens is 1. The van der Waals surface area contributed by atoms with Crippen LogP contribution in [0.2, 0.25) is 5.02 Å². The molecule has 3 N–H and O–H groups in total. The van der Waals surface area contributed by atoms with Crippen LogP contribution >= 0.6 is 11.6 Å². The monoisotopic (exact) mass is 297 g/mol. The van der Waals surface area contributed by atoms with Gasteiger partial charge in [-0.2, -0.15) is 0 Å². The minimum atomic E-state index is -0.552. The van der Waals surface area contributed by atoms with Gasteiger partial charge in [-0.05, 0) is 18.2 Å². The number of carbonyl (C=O) groups excluding carboxylic acids is 2. The second-order valence-electron chi connectivity index (χ2n) is 4.33. The molecule has 1 aromatic carbocycles. The molecular formula is C13H16ClN3O3. The molecule has 1 atom stereocenters. The number of hydrogen-bond acceptors (Lipinski definition) is 4. The van der Waals surface area contributed by atoms with Crippen molar-refractivity contribution in [1.82, 2.24) is 10.6 Å². The summed E-state index contributed by atoms with van der Waals surface area (Å²) in [5, 5.41) is 8.64. The van der Waals surface area contributed by atoms with E-state index in [0.29, 0.717) is 29.4 Å². The fourth-order valence-corrected chi connectivity index (χ4v) is 2.02. The number of nitrogens with one attached hydrogen (secondary N) is 3. The Morgan fingerprint density at radius 1 is 1.45 bits per heavy atom. The molecule has 6 nitrogen and oxygen atoms in total. The first-order valence-corrected chi connectivity index (χ1v) is 6.64. The smallest absolute Gasteiger partial charge is 0.254 e. The van der Waals surface area contributed by atoms with Gasteiger partial charge in [-0.15, -0.1) is 0 Å². The van der Waals surface area contributed by atoms with Gasteiger partial charge in [0.1, 0.15) is 6.10 Å². The van der Waals surface area contributed by atoms with Crippen LogP contribution in [0.1, 0.15) is 10.4 Å². The predicted molar refractivity (Wildman–Crippen MR) is 76.1 cm³/mol. The topological polar surface area (TPSA) is 79.5 Å². The molecule has 2 rings (SSSR count). The Labute approximate surface area is 121 Å². The van der Waals surface area contributed by atoms with Gasteiger partial charge in [-0.3, -0.25) is 9.59 Å². The van der Waals surface area contributed by atoms with Crippen molar-refractivity contribution in [3.8, 4) is 0 Å². The molecule has 1 heterocycles. The van der Waals surface area contributed by atoms with E-state index in [-0.39, 0.29) is 11.8 Å². The number of amides is 2. The summed E-state index contributed by atoms with van der Waals surface area (Å²) in [6, 6.07) is 4.70. The third kappa shape index (κ3) is 3.47. The molecule has 20 heavy (non-hydrogen) atoms. The zero-order chi connectivity index (χ0) is 14.5. The van der Waals surface area contributed by atoms with Crippen LogP contribution in [0.15, 0.2) is 18.2 Å². The molecule has 1 unspecified atom stereocenters. The van der Waals surface area contributed by atoms with E-state index >= 15 is 0 Å². The van der Waals surface area contributed by atoms with E-state index in [1.54, 1.807) is 12.1 Å². The van der Waals surface area contributed by atoms with Crippen molar-refractivity contribution in [2.75, 3.05) is 32.1 Å². The van der Waals surface area contributed by atoms with Crippen molar-refractivity contribution in [2.24, 2.45) is 0 Å². The van der Waals surface area contributed by atoms with Gasteiger partial charge in [0, 0.05) is 25.7 Å². The van der Waals surface area contributed by atoms with Crippen molar-refractivity contribution in [2.45, 2.75) is 6.10 Å². The quantitative estimate of drug-likeness (QED) is 0.764. The molecule has 0 bridgehead atoms. The normalized spacial score (nSPS) is 18.4. The average Bonchev–Trinajstić information content (AvgIpc) is 2.49. The van der Waals surface area contributed by atoms with Gasteiger partial charge >= 0.3 is 0 Å². The molecule has 1 aromatic rings. The SMILES string of the molecule is CNC(=O)c1ccc(Cl)c(NC(=O)C2CNCCO2)c1. The van der Waals surface area contributed by atoms with Crippen molar-refractivity contribution in [3.63, 3.8) is 0 Å². The molecule has 0 radical (unpaired) electrons. The first-order valence-electron chi connectivity index (χ1n) is 6.26. The Morgan fingerprint density at radius 2 is 2.25 bits per heavy atom. The maximum absolute atomic E-state index is 12.0. The maximum Gasteiger partial charge on any atom is 0.254 e. The third-order valence-corrected chi connectivity index (χ3v) is 3.26. The zero-order valence-electron chi connectivity index (χ0n) is 11.0. The summed E-state index contributed by atoms with van der Waals surface area (Å²) in [6.07, 6.45) is -0.552. The van der Waals surface area contributed by atoms with Crippen LogP contribution in [0.4, 0.5) is 5.69 Å². The highest BCUT2D eigenvalue weighted by Crippen LogP contribution is 2.23. The van der Waals surface area contributed by atoms with Crippen LogP contribution in [-0.4, -0.2) is 44.7 Å². The van der Waals surface area contributed by atoms with Gasteiger partial charge in [0.15, 0.2) is 0 Å². The first-order chi connectivity index (χ1) is 9.61. The summed E-state index contributed by atoms with van der Waals surface area (Å²) in [6.45, 7) is 1.68. The molecule has 0 spiro atoms. The van der Waals surface area contributed by atoms with Gasteiger partial charge in [0.25, 0.3) is 11.8 Å². The van der Waals surface area contributed by atoms with E-state index in [4.69, 9.17) is 16.3 Å². The number of anilines is 1. The average molecular weight is 298 g/mol. The largest absolute Gasteiger partial charge is 0.366 e. The van der Waals surface area contributed by atoms with E-state index < -0.39 is 6.10 Å². The summed E-state index contributed by atoms with van der Waals surface area (Å²) in [5.74, 6) is -0.527. The van der Waals surface area contributed by atoms with E-state index in [0.717, 1.165) is 6.54 Å². The maximum atomic E-state index is 12.0. The lowest BCUT2D eigenvalue weighted by Gasteiger charge is -2.23. The van der Waals surface area contributed by atoms with Gasteiger partial charge in [-0.25, -0.2) is 0 Å². The van der Waals surface area contributed by atoms with Gasteiger partial charge < -0.3 is 20.7 Å². The number of ether oxygens (including phenoxy) is 1. The fraction of sp³-hybridized carbons (Fsp3) is 0.385. The van der Waals surface area contributed by atoms with Crippen LogP contribution in [0.25, 0.3) is 0 Å². The summed E-state index contributed by atoms with van der Waals surface area (Å²) in [4.78, 5) is 23.6. The second-order valence-corrected chi connectivity index (χ2v) is 4.73. The fourth-order valence-electron chi connectivity index (χ4n) is 1.85. The van der Waals surface area contributed by atoms with Crippen LogP contribution in [0, 0.1) is 0 Å². The summed E-state index contributed by atoms with van der Waals surface area (Å²) >= 11 is 6.02. The lowest BCUT2D eigenvalue weighted by atomic mass is 10.1. The van der Waals surface area contributed by atoms with Crippen molar-refractivity contribution in [1.29, 1.82) is 0 Å². The highest BCUT2D eigenvalue weighted by molar-refractivity contribution is 6.34. The predicted octanol–water partition coefficient (Wildman–Crippen LogP) is 0.626. The Hall–Kier alpha value is -1.63. The molecule has 1 fully saturated rings. The molecule has 1 aliphatic heterocycles. The van der Waals surface area contributed by atoms with Crippen LogP contribution in [-0.2, 0) is 9.53 Å². The molecule has 0 aliphatic carbocycles. The lowest BCUT2D eigenvalue weighted by molar-refractivity contribution is -0.128. The zero-order valence-corrected chi connectivity index (χ0v) is 11.8. The molecule has 1 saturated heterocycles. The molecule has 7 heteroatoms. The van der Waals surface area contributed by atoms with Crippen molar-refractivity contribution in [3.05, 3.63) is 28.8 Å². The third-order valence-electron chi connectivity index (χ3n) is 2.93. The minimum Gasteiger partial charge on any atom is -0.366 e. The number of rotatable bonds is 3. The summed E-state index contributed by atoms with van der Waals surface area (Å²) in [7, 11) is 1.54. The van der Waals surface area contributed by atoms with Crippen molar-refractivity contribution < 1.29 is 14.3 Å². The highest BCUT2D eigenvalue weighted by Gasteiger charge is 2.22. The van der Waals surface area contributed by atoms with Crippen LogP contribution in [0.5, 0.6) is 0 Å². The van der Waals surface area contributed by atoms with E-state index in [9.17, 15) is 9.59 Å². The molecule has 0 aromatic heterocycles. The molecule has 2 amide bonds. The van der Waals surface area contributed by atoms with Gasteiger partial charge in [0.05, 0.1) is 17.3 Å². The van der Waals surface area contributed by atoms with E-state index in [2.05, 4.69) is 16.0 Å². The van der Waals surface area contributed by atoms with Gasteiger partial charge in [0.2, 0.25) is 0 Å². The number of benzene rings is 1. The Bertz CT molecular complexity index is 516. The molecule has 0 saturated carbocycles. The highest BCUT2D eigenvalue weighted by atomic mass is 35.5. The number of carbonyl (C=O) groups is 2.